The van der Waals surface area contributed by atoms with E-state index in [1.165, 1.54) is 6.26 Å². The Morgan fingerprint density at radius 2 is 2.27 bits per heavy atom. The fourth-order valence-electron chi connectivity index (χ4n) is 3.43. The van der Waals surface area contributed by atoms with Crippen LogP contribution in [0.25, 0.3) is 0 Å². The molecule has 3 heterocycles. The van der Waals surface area contributed by atoms with E-state index >= 15 is 0 Å². The molecule has 2 saturated heterocycles. The van der Waals surface area contributed by atoms with Crippen LogP contribution in [0.1, 0.15) is 30.3 Å². The van der Waals surface area contributed by atoms with Crippen molar-refractivity contribution in [2.45, 2.75) is 31.5 Å². The number of furan rings is 1. The Labute approximate surface area is 129 Å². The minimum atomic E-state index is -0.357. The van der Waals surface area contributed by atoms with Crippen LogP contribution in [0.5, 0.6) is 0 Å². The second-order valence-corrected chi connectivity index (χ2v) is 5.90. The van der Waals surface area contributed by atoms with Crippen LogP contribution >= 0.6 is 0 Å². The van der Waals surface area contributed by atoms with E-state index in [1.807, 2.05) is 11.8 Å². The van der Waals surface area contributed by atoms with Crippen LogP contribution in [0, 0.1) is 0 Å². The minimum Gasteiger partial charge on any atom is -0.459 e. The van der Waals surface area contributed by atoms with Crippen molar-refractivity contribution in [3.63, 3.8) is 0 Å². The lowest BCUT2D eigenvalue weighted by molar-refractivity contribution is -0.132. The largest absolute Gasteiger partial charge is 0.459 e. The van der Waals surface area contributed by atoms with Crippen molar-refractivity contribution in [1.82, 2.24) is 15.1 Å². The number of nitrogens with zero attached hydrogens (tertiary/aromatic N) is 2. The van der Waals surface area contributed by atoms with Gasteiger partial charge in [-0.1, -0.05) is 6.08 Å². The number of carbonyl (C=O) groups is 2. The topological polar surface area (TPSA) is 65.8 Å². The van der Waals surface area contributed by atoms with Crippen molar-refractivity contribution >= 4 is 11.8 Å². The van der Waals surface area contributed by atoms with Crippen molar-refractivity contribution in [2.24, 2.45) is 0 Å². The molecule has 1 spiro atoms. The molecule has 2 aliphatic heterocycles. The van der Waals surface area contributed by atoms with Gasteiger partial charge in [-0.15, -0.1) is 6.58 Å². The fourth-order valence-corrected chi connectivity index (χ4v) is 3.43. The molecule has 3 rings (SSSR count). The summed E-state index contributed by atoms with van der Waals surface area (Å²) >= 11 is 0. The molecule has 6 heteroatoms. The number of carbonyl (C=O) groups excluding carboxylic acids is 2. The number of rotatable bonds is 3. The Morgan fingerprint density at radius 3 is 2.86 bits per heavy atom. The molecular weight excluding hydrogens is 282 g/mol. The zero-order valence-corrected chi connectivity index (χ0v) is 12.7. The molecule has 2 amide bonds. The van der Waals surface area contributed by atoms with E-state index < -0.39 is 0 Å². The summed E-state index contributed by atoms with van der Waals surface area (Å²) in [4.78, 5) is 28.2. The van der Waals surface area contributed by atoms with Gasteiger partial charge in [-0.25, -0.2) is 0 Å². The molecular formula is C16H21N3O3. The average molecular weight is 303 g/mol. The first-order valence-electron chi connectivity index (χ1n) is 7.60. The standard InChI is InChI=1S/C16H21N3O3/c1-3-8-19-14(20)12(2)17-16(19)6-9-18(10-7-16)15(21)13-5-4-11-22-13/h3-5,11-12,17H,1,6-10H2,2H3. The summed E-state index contributed by atoms with van der Waals surface area (Å²) in [6, 6.07) is 3.20. The summed E-state index contributed by atoms with van der Waals surface area (Å²) in [7, 11) is 0. The van der Waals surface area contributed by atoms with E-state index in [0.29, 0.717) is 38.2 Å². The molecule has 1 aromatic rings. The van der Waals surface area contributed by atoms with Crippen LogP contribution in [0.15, 0.2) is 35.5 Å². The third kappa shape index (κ3) is 2.33. The maximum absolute atomic E-state index is 12.3. The lowest BCUT2D eigenvalue weighted by Gasteiger charge is -2.44. The molecule has 0 radical (unpaired) electrons. The van der Waals surface area contributed by atoms with Crippen LogP contribution < -0.4 is 5.32 Å². The van der Waals surface area contributed by atoms with E-state index in [9.17, 15) is 9.59 Å². The molecule has 1 aromatic heterocycles. The summed E-state index contributed by atoms with van der Waals surface area (Å²) < 4.78 is 5.17. The third-order valence-corrected chi connectivity index (χ3v) is 4.56. The lowest BCUT2D eigenvalue weighted by Crippen LogP contribution is -2.59. The lowest BCUT2D eigenvalue weighted by atomic mass is 9.95. The van der Waals surface area contributed by atoms with Gasteiger partial charge in [0, 0.05) is 32.5 Å². The summed E-state index contributed by atoms with van der Waals surface area (Å²) in [5, 5.41) is 3.42. The van der Waals surface area contributed by atoms with Gasteiger partial charge in [0.15, 0.2) is 5.76 Å². The van der Waals surface area contributed by atoms with Gasteiger partial charge in [-0.2, -0.15) is 0 Å². The average Bonchev–Trinajstić information content (AvgIpc) is 3.12. The summed E-state index contributed by atoms with van der Waals surface area (Å²) in [5.74, 6) is 0.376. The maximum atomic E-state index is 12.3. The van der Waals surface area contributed by atoms with Gasteiger partial charge in [0.1, 0.15) is 0 Å². The molecule has 2 aliphatic rings. The van der Waals surface area contributed by atoms with Gasteiger partial charge < -0.3 is 14.2 Å². The number of nitrogens with one attached hydrogen (secondary N) is 1. The predicted octanol–water partition coefficient (Wildman–Crippen LogP) is 1.22. The van der Waals surface area contributed by atoms with E-state index in [0.717, 1.165) is 0 Å². The number of amides is 2. The van der Waals surface area contributed by atoms with Crippen LogP contribution in [0.3, 0.4) is 0 Å². The molecule has 1 N–H and O–H groups in total. The Bertz CT molecular complexity index is 573. The zero-order valence-electron chi connectivity index (χ0n) is 12.7. The Morgan fingerprint density at radius 1 is 1.55 bits per heavy atom. The second kappa shape index (κ2) is 5.61. The van der Waals surface area contributed by atoms with Gasteiger partial charge >= 0.3 is 0 Å². The first kappa shape index (κ1) is 14.8. The van der Waals surface area contributed by atoms with Gasteiger partial charge in [0.2, 0.25) is 5.91 Å². The third-order valence-electron chi connectivity index (χ3n) is 4.56. The van der Waals surface area contributed by atoms with Crippen LogP contribution in [0.4, 0.5) is 0 Å². The molecule has 1 unspecified atom stereocenters. The Hall–Kier alpha value is -2.08. The van der Waals surface area contributed by atoms with Crippen molar-refractivity contribution in [2.75, 3.05) is 19.6 Å². The molecule has 2 fully saturated rings. The number of hydrogen-bond acceptors (Lipinski definition) is 4. The van der Waals surface area contributed by atoms with Crippen molar-refractivity contribution in [1.29, 1.82) is 0 Å². The van der Waals surface area contributed by atoms with Crippen LogP contribution in [-0.4, -0.2) is 53.0 Å². The highest BCUT2D eigenvalue weighted by Gasteiger charge is 2.50. The van der Waals surface area contributed by atoms with Crippen molar-refractivity contribution in [3.8, 4) is 0 Å². The maximum Gasteiger partial charge on any atom is 0.289 e. The molecule has 0 saturated carbocycles. The molecule has 6 nitrogen and oxygen atoms in total. The first-order valence-corrected chi connectivity index (χ1v) is 7.60. The SMILES string of the molecule is C=CCN1C(=O)C(C)NC12CCN(C(=O)c1ccco1)CC2. The number of likely N-dealkylation sites (tertiary alicyclic amines) is 1. The molecule has 0 bridgehead atoms. The van der Waals surface area contributed by atoms with E-state index in [2.05, 4.69) is 11.9 Å². The van der Waals surface area contributed by atoms with E-state index in [1.54, 1.807) is 23.1 Å². The van der Waals surface area contributed by atoms with Crippen molar-refractivity contribution in [3.05, 3.63) is 36.8 Å². The predicted molar refractivity (Wildman–Crippen MR) is 81.1 cm³/mol. The monoisotopic (exact) mass is 303 g/mol. The van der Waals surface area contributed by atoms with Crippen LogP contribution in [0.2, 0.25) is 0 Å². The van der Waals surface area contributed by atoms with E-state index in [4.69, 9.17) is 4.42 Å². The highest BCUT2D eigenvalue weighted by atomic mass is 16.3. The highest BCUT2D eigenvalue weighted by molar-refractivity contribution is 5.91. The van der Waals surface area contributed by atoms with Crippen LogP contribution in [-0.2, 0) is 4.79 Å². The first-order chi connectivity index (χ1) is 10.6. The molecule has 22 heavy (non-hydrogen) atoms. The summed E-state index contributed by atoms with van der Waals surface area (Å²) in [6.07, 6.45) is 4.68. The summed E-state index contributed by atoms with van der Waals surface area (Å²) in [6.45, 7) is 7.35. The highest BCUT2D eigenvalue weighted by Crippen LogP contribution is 2.32. The quantitative estimate of drug-likeness (QED) is 0.853. The normalized spacial score (nSPS) is 24.0. The minimum absolute atomic E-state index is 0.0903. The van der Waals surface area contributed by atoms with Gasteiger partial charge in [-0.05, 0) is 19.1 Å². The Balaban J connectivity index is 1.71. The summed E-state index contributed by atoms with van der Waals surface area (Å²) in [5.41, 5.74) is -0.357. The van der Waals surface area contributed by atoms with E-state index in [-0.39, 0.29) is 23.5 Å². The molecule has 0 aromatic carbocycles. The second-order valence-electron chi connectivity index (χ2n) is 5.90. The molecule has 118 valence electrons. The smallest absolute Gasteiger partial charge is 0.289 e. The molecule has 1 atom stereocenters. The number of piperidine rings is 1. The van der Waals surface area contributed by atoms with Gasteiger partial charge in [-0.3, -0.25) is 14.9 Å². The van der Waals surface area contributed by atoms with Gasteiger partial charge in [0.05, 0.1) is 18.0 Å². The number of hydrogen-bond donors (Lipinski definition) is 1. The van der Waals surface area contributed by atoms with Crippen molar-refractivity contribution < 1.29 is 14.0 Å². The Kier molecular flexibility index (Phi) is 3.78. The zero-order chi connectivity index (χ0) is 15.7. The molecule has 0 aliphatic carbocycles. The van der Waals surface area contributed by atoms with Gasteiger partial charge in [0.25, 0.3) is 5.91 Å². The fraction of sp³-hybridized carbons (Fsp3) is 0.500.